The van der Waals surface area contributed by atoms with Crippen molar-refractivity contribution in [2.45, 2.75) is 26.3 Å². The summed E-state index contributed by atoms with van der Waals surface area (Å²) in [5.74, 6) is 0.285. The Balaban J connectivity index is 2.04. The minimum absolute atomic E-state index is 0.117. The largest absolute Gasteiger partial charge is 0.350 e. The van der Waals surface area contributed by atoms with Crippen molar-refractivity contribution in [3.05, 3.63) is 48.3 Å². The Bertz CT molecular complexity index is 573. The van der Waals surface area contributed by atoms with E-state index >= 15 is 0 Å². The normalized spacial score (nSPS) is 10.9. The molecule has 20 heavy (non-hydrogen) atoms. The van der Waals surface area contributed by atoms with Crippen molar-refractivity contribution < 1.29 is 4.79 Å². The summed E-state index contributed by atoms with van der Waals surface area (Å²) in [6.45, 7) is 6.06. The zero-order valence-corrected chi connectivity index (χ0v) is 11.8. The highest BCUT2D eigenvalue weighted by atomic mass is 16.1. The second-order valence-corrected chi connectivity index (χ2v) is 5.49. The number of carbonyl (C=O) groups is 1. The van der Waals surface area contributed by atoms with Crippen LogP contribution in [0.25, 0.3) is 0 Å². The van der Waals surface area contributed by atoms with Gasteiger partial charge in [0.15, 0.2) is 0 Å². The predicted molar refractivity (Wildman–Crippen MR) is 79.8 cm³/mol. The Morgan fingerprint density at radius 1 is 1.05 bits per heavy atom. The number of nitrogens with zero attached hydrogens (tertiary/aromatic N) is 2. The highest BCUT2D eigenvalue weighted by Crippen LogP contribution is 2.11. The lowest BCUT2D eigenvalue weighted by Crippen LogP contribution is -2.27. The summed E-state index contributed by atoms with van der Waals surface area (Å²) >= 11 is 0. The minimum atomic E-state index is -0.224. The fourth-order valence-electron chi connectivity index (χ4n) is 1.57. The molecule has 5 nitrogen and oxygen atoms in total. The molecule has 0 saturated carbocycles. The first kappa shape index (κ1) is 14.0. The molecule has 0 aliphatic heterocycles. The number of hydrogen-bond acceptors (Lipinski definition) is 4. The molecule has 0 aliphatic rings. The topological polar surface area (TPSA) is 66.9 Å². The van der Waals surface area contributed by atoms with Crippen LogP contribution in [-0.2, 0) is 0 Å². The number of benzene rings is 1. The van der Waals surface area contributed by atoms with E-state index in [9.17, 15) is 4.79 Å². The number of hydrogen-bond donors (Lipinski definition) is 2. The first-order chi connectivity index (χ1) is 9.44. The van der Waals surface area contributed by atoms with Gasteiger partial charge in [-0.1, -0.05) is 18.2 Å². The molecule has 2 N–H and O–H groups in total. The van der Waals surface area contributed by atoms with Crippen molar-refractivity contribution in [2.24, 2.45) is 0 Å². The number of anilines is 2. The van der Waals surface area contributed by atoms with E-state index in [1.54, 1.807) is 0 Å². The van der Waals surface area contributed by atoms with Crippen molar-refractivity contribution in [1.82, 2.24) is 9.97 Å². The lowest BCUT2D eigenvalue weighted by molar-refractivity contribution is 0.102. The van der Waals surface area contributed by atoms with Gasteiger partial charge in [-0.3, -0.25) is 4.79 Å². The van der Waals surface area contributed by atoms with Gasteiger partial charge in [0, 0.05) is 23.6 Å². The van der Waals surface area contributed by atoms with Gasteiger partial charge in [-0.25, -0.2) is 9.97 Å². The van der Waals surface area contributed by atoms with Crippen LogP contribution >= 0.6 is 0 Å². The van der Waals surface area contributed by atoms with Gasteiger partial charge in [0.05, 0.1) is 5.56 Å². The molecule has 5 heteroatoms. The van der Waals surface area contributed by atoms with Crippen LogP contribution in [0.15, 0.2) is 42.7 Å². The van der Waals surface area contributed by atoms with Crippen LogP contribution in [0.4, 0.5) is 11.6 Å². The maximum absolute atomic E-state index is 12.0. The molecule has 0 atom stereocenters. The molecule has 1 amide bonds. The third-order valence-corrected chi connectivity index (χ3v) is 2.43. The fraction of sp³-hybridized carbons (Fsp3) is 0.267. The molecule has 2 aromatic rings. The molecular weight excluding hydrogens is 252 g/mol. The zero-order chi connectivity index (χ0) is 14.6. The second-order valence-electron chi connectivity index (χ2n) is 5.49. The Morgan fingerprint density at radius 3 is 2.20 bits per heavy atom. The summed E-state index contributed by atoms with van der Waals surface area (Å²) in [7, 11) is 0. The zero-order valence-electron chi connectivity index (χ0n) is 11.8. The van der Waals surface area contributed by atoms with Crippen LogP contribution in [-0.4, -0.2) is 21.4 Å². The average molecular weight is 270 g/mol. The van der Waals surface area contributed by atoms with Crippen molar-refractivity contribution >= 4 is 17.5 Å². The molecular formula is C15H18N4O. The predicted octanol–water partition coefficient (Wildman–Crippen LogP) is 2.94. The fourth-order valence-corrected chi connectivity index (χ4v) is 1.57. The quantitative estimate of drug-likeness (QED) is 0.900. The van der Waals surface area contributed by atoms with Crippen LogP contribution in [0.1, 0.15) is 31.1 Å². The van der Waals surface area contributed by atoms with Gasteiger partial charge >= 0.3 is 0 Å². The van der Waals surface area contributed by atoms with Gasteiger partial charge < -0.3 is 10.6 Å². The number of rotatable bonds is 3. The van der Waals surface area contributed by atoms with E-state index in [4.69, 9.17) is 0 Å². The van der Waals surface area contributed by atoms with E-state index in [2.05, 4.69) is 20.6 Å². The highest BCUT2D eigenvalue weighted by Gasteiger charge is 2.12. The van der Waals surface area contributed by atoms with E-state index in [0.717, 1.165) is 5.69 Å². The van der Waals surface area contributed by atoms with Gasteiger partial charge in [0.2, 0.25) is 5.95 Å². The number of amides is 1. The van der Waals surface area contributed by atoms with Crippen molar-refractivity contribution in [3.63, 3.8) is 0 Å². The second kappa shape index (κ2) is 5.69. The van der Waals surface area contributed by atoms with Crippen LogP contribution in [0.2, 0.25) is 0 Å². The summed E-state index contributed by atoms with van der Waals surface area (Å²) in [6, 6.07) is 9.28. The molecule has 1 heterocycles. The molecule has 0 aliphatic carbocycles. The van der Waals surface area contributed by atoms with E-state index < -0.39 is 0 Å². The first-order valence-electron chi connectivity index (χ1n) is 6.41. The van der Waals surface area contributed by atoms with Crippen LogP contribution < -0.4 is 10.6 Å². The molecule has 1 aromatic heterocycles. The average Bonchev–Trinajstić information content (AvgIpc) is 2.39. The SMILES string of the molecule is CC(C)(C)Nc1ncc(C(=O)Nc2ccccc2)cn1. The molecule has 1 aromatic carbocycles. The van der Waals surface area contributed by atoms with Gasteiger partial charge in [0.25, 0.3) is 5.91 Å². The van der Waals surface area contributed by atoms with E-state index in [1.165, 1.54) is 12.4 Å². The Labute approximate surface area is 118 Å². The van der Waals surface area contributed by atoms with Crippen molar-refractivity contribution in [1.29, 1.82) is 0 Å². The van der Waals surface area contributed by atoms with Gasteiger partial charge in [-0.2, -0.15) is 0 Å². The third-order valence-electron chi connectivity index (χ3n) is 2.43. The summed E-state index contributed by atoms with van der Waals surface area (Å²) in [4.78, 5) is 20.3. The molecule has 0 saturated heterocycles. The highest BCUT2D eigenvalue weighted by molar-refractivity contribution is 6.03. The van der Waals surface area contributed by atoms with Crippen LogP contribution in [0, 0.1) is 0 Å². The van der Waals surface area contributed by atoms with Crippen LogP contribution in [0.3, 0.4) is 0 Å². The molecule has 0 fully saturated rings. The Kier molecular flexibility index (Phi) is 3.98. The smallest absolute Gasteiger partial charge is 0.258 e. The Hall–Kier alpha value is -2.43. The first-order valence-corrected chi connectivity index (χ1v) is 6.41. The minimum Gasteiger partial charge on any atom is -0.350 e. The summed E-state index contributed by atoms with van der Waals surface area (Å²) in [5.41, 5.74) is 1.05. The van der Waals surface area contributed by atoms with E-state index in [-0.39, 0.29) is 11.4 Å². The monoisotopic (exact) mass is 270 g/mol. The molecule has 0 spiro atoms. The van der Waals surface area contributed by atoms with Crippen molar-refractivity contribution in [2.75, 3.05) is 10.6 Å². The van der Waals surface area contributed by atoms with E-state index in [1.807, 2.05) is 51.1 Å². The van der Waals surface area contributed by atoms with Gasteiger partial charge in [-0.15, -0.1) is 0 Å². The Morgan fingerprint density at radius 2 is 1.65 bits per heavy atom. The summed E-state index contributed by atoms with van der Waals surface area (Å²) in [6.07, 6.45) is 3.03. The summed E-state index contributed by atoms with van der Waals surface area (Å²) in [5, 5.41) is 5.93. The van der Waals surface area contributed by atoms with Crippen molar-refractivity contribution in [3.8, 4) is 0 Å². The lowest BCUT2D eigenvalue weighted by atomic mass is 10.1. The number of para-hydroxylation sites is 1. The summed E-state index contributed by atoms with van der Waals surface area (Å²) < 4.78 is 0. The molecule has 0 unspecified atom stereocenters. The van der Waals surface area contributed by atoms with Gasteiger partial charge in [0.1, 0.15) is 0 Å². The van der Waals surface area contributed by atoms with E-state index in [0.29, 0.717) is 11.5 Å². The maximum Gasteiger partial charge on any atom is 0.258 e. The van der Waals surface area contributed by atoms with Gasteiger partial charge in [-0.05, 0) is 32.9 Å². The third kappa shape index (κ3) is 4.05. The number of carbonyl (C=O) groups excluding carboxylic acids is 1. The molecule has 0 bridgehead atoms. The number of aromatic nitrogens is 2. The standard InChI is InChI=1S/C15H18N4O/c1-15(2,3)19-14-16-9-11(10-17-14)13(20)18-12-7-5-4-6-8-12/h4-10H,1-3H3,(H,18,20)(H,16,17,19). The number of nitrogens with one attached hydrogen (secondary N) is 2. The molecule has 0 radical (unpaired) electrons. The molecule has 2 rings (SSSR count). The lowest BCUT2D eigenvalue weighted by Gasteiger charge is -2.20. The van der Waals surface area contributed by atoms with Crippen LogP contribution in [0.5, 0.6) is 0 Å². The molecule has 104 valence electrons. The maximum atomic E-state index is 12.0.